The molecule has 1 aliphatic rings. The van der Waals surface area contributed by atoms with Crippen LogP contribution in [0.25, 0.3) is 0 Å². The van der Waals surface area contributed by atoms with Gasteiger partial charge in [0.1, 0.15) is 0 Å². The Morgan fingerprint density at radius 2 is 2.12 bits per heavy atom. The molecule has 1 aliphatic heterocycles. The molecule has 0 radical (unpaired) electrons. The number of aromatic nitrogens is 2. The van der Waals surface area contributed by atoms with Crippen LogP contribution in [0.2, 0.25) is 0 Å². The first-order valence-electron chi connectivity index (χ1n) is 5.23. The van der Waals surface area contributed by atoms with E-state index in [1.165, 1.54) is 0 Å². The fourth-order valence-corrected chi connectivity index (χ4v) is 1.79. The van der Waals surface area contributed by atoms with Crippen LogP contribution in [0.4, 0.5) is 16.2 Å². The lowest BCUT2D eigenvalue weighted by molar-refractivity contribution is 0.0349. The van der Waals surface area contributed by atoms with Crippen molar-refractivity contribution in [3.05, 3.63) is 12.0 Å². The van der Waals surface area contributed by atoms with Crippen LogP contribution in [0, 0.1) is 5.82 Å². The highest BCUT2D eigenvalue weighted by molar-refractivity contribution is 5.43. The molecule has 0 bridgehead atoms. The Morgan fingerprint density at radius 3 is 2.75 bits per heavy atom. The van der Waals surface area contributed by atoms with E-state index >= 15 is 0 Å². The van der Waals surface area contributed by atoms with E-state index in [2.05, 4.69) is 9.97 Å². The summed E-state index contributed by atoms with van der Waals surface area (Å²) in [5, 5.41) is 9.79. The van der Waals surface area contributed by atoms with Gasteiger partial charge in [-0.2, -0.15) is 4.98 Å². The Hall–Kier alpha value is -1.43. The van der Waals surface area contributed by atoms with E-state index in [-0.39, 0.29) is 11.8 Å². The third kappa shape index (κ3) is 2.21. The molecule has 1 fully saturated rings. The molecule has 88 valence electrons. The van der Waals surface area contributed by atoms with Crippen LogP contribution in [0.15, 0.2) is 6.20 Å². The molecule has 0 saturated carbocycles. The molecule has 0 aromatic carbocycles. The number of hydrogen-bond donors (Lipinski definition) is 2. The van der Waals surface area contributed by atoms with Crippen LogP contribution in [0.3, 0.4) is 0 Å². The molecule has 2 rings (SSSR count). The smallest absolute Gasteiger partial charge is 0.222 e. The third-order valence-electron chi connectivity index (χ3n) is 2.88. The van der Waals surface area contributed by atoms with Gasteiger partial charge in [0.05, 0.1) is 11.8 Å². The van der Waals surface area contributed by atoms with E-state index in [0.29, 0.717) is 25.9 Å². The van der Waals surface area contributed by atoms with Crippen molar-refractivity contribution >= 4 is 11.8 Å². The Labute approximate surface area is 93.1 Å². The van der Waals surface area contributed by atoms with Crippen molar-refractivity contribution < 1.29 is 9.50 Å². The van der Waals surface area contributed by atoms with E-state index in [0.717, 1.165) is 6.20 Å². The summed E-state index contributed by atoms with van der Waals surface area (Å²) in [6.07, 6.45) is 2.26. The van der Waals surface area contributed by atoms with Crippen molar-refractivity contribution in [1.82, 2.24) is 9.97 Å². The van der Waals surface area contributed by atoms with Gasteiger partial charge in [-0.3, -0.25) is 0 Å². The van der Waals surface area contributed by atoms with Crippen LogP contribution >= 0.6 is 0 Å². The second kappa shape index (κ2) is 3.86. The lowest BCUT2D eigenvalue weighted by Gasteiger charge is -2.36. The lowest BCUT2D eigenvalue weighted by Crippen LogP contribution is -2.43. The normalized spacial score (nSPS) is 19.8. The van der Waals surface area contributed by atoms with Gasteiger partial charge >= 0.3 is 0 Å². The molecule has 3 N–H and O–H groups in total. The first kappa shape index (κ1) is 11.1. The highest BCUT2D eigenvalue weighted by Crippen LogP contribution is 2.26. The van der Waals surface area contributed by atoms with Crippen LogP contribution in [-0.2, 0) is 0 Å². The van der Waals surface area contributed by atoms with Crippen molar-refractivity contribution in [2.75, 3.05) is 23.7 Å². The minimum Gasteiger partial charge on any atom is -0.390 e. The second-order valence-electron chi connectivity index (χ2n) is 4.38. The standard InChI is InChI=1S/C10H15FN4O/c1-10(16)2-4-15(5-3-10)8-7(11)6-13-9(12)14-8/h6,16H,2-5H2,1H3,(H2,12,13,14). The van der Waals surface area contributed by atoms with Crippen molar-refractivity contribution in [3.63, 3.8) is 0 Å². The fourth-order valence-electron chi connectivity index (χ4n) is 1.79. The lowest BCUT2D eigenvalue weighted by atomic mass is 9.94. The topological polar surface area (TPSA) is 75.3 Å². The number of aliphatic hydroxyl groups is 1. The zero-order valence-corrected chi connectivity index (χ0v) is 9.15. The van der Waals surface area contributed by atoms with Crippen LogP contribution in [0.1, 0.15) is 19.8 Å². The number of nitrogens with two attached hydrogens (primary N) is 1. The molecule has 1 aromatic rings. The maximum Gasteiger partial charge on any atom is 0.222 e. The molecule has 0 aliphatic carbocycles. The van der Waals surface area contributed by atoms with Crippen LogP contribution < -0.4 is 10.6 Å². The molecule has 1 saturated heterocycles. The zero-order chi connectivity index (χ0) is 11.8. The third-order valence-corrected chi connectivity index (χ3v) is 2.88. The van der Waals surface area contributed by atoms with E-state index in [9.17, 15) is 9.50 Å². The molecule has 0 unspecified atom stereocenters. The van der Waals surface area contributed by atoms with Gasteiger partial charge in [0, 0.05) is 13.1 Å². The second-order valence-corrected chi connectivity index (χ2v) is 4.38. The maximum absolute atomic E-state index is 13.5. The molecule has 16 heavy (non-hydrogen) atoms. The number of piperidine rings is 1. The van der Waals surface area contributed by atoms with E-state index in [4.69, 9.17) is 5.73 Å². The van der Waals surface area contributed by atoms with Crippen molar-refractivity contribution in [2.24, 2.45) is 0 Å². The number of halogens is 1. The predicted molar refractivity (Wildman–Crippen MR) is 58.5 cm³/mol. The molecule has 0 amide bonds. The molecular formula is C10H15FN4O. The molecular weight excluding hydrogens is 211 g/mol. The average Bonchev–Trinajstić information content (AvgIpc) is 2.22. The first-order valence-corrected chi connectivity index (χ1v) is 5.23. The molecule has 1 aromatic heterocycles. The Bertz CT molecular complexity index is 386. The number of nitrogen functional groups attached to an aromatic ring is 1. The summed E-state index contributed by atoms with van der Waals surface area (Å²) in [5.74, 6) is -0.188. The quantitative estimate of drug-likeness (QED) is 0.731. The zero-order valence-electron chi connectivity index (χ0n) is 9.15. The van der Waals surface area contributed by atoms with Gasteiger partial charge in [-0.25, -0.2) is 9.37 Å². The molecule has 0 spiro atoms. The van der Waals surface area contributed by atoms with Gasteiger partial charge in [-0.05, 0) is 19.8 Å². The molecule has 6 heteroatoms. The maximum atomic E-state index is 13.5. The number of rotatable bonds is 1. The van der Waals surface area contributed by atoms with Crippen LogP contribution in [0.5, 0.6) is 0 Å². The summed E-state index contributed by atoms with van der Waals surface area (Å²) in [5.41, 5.74) is 4.76. The van der Waals surface area contributed by atoms with Crippen LogP contribution in [-0.4, -0.2) is 33.8 Å². The highest BCUT2D eigenvalue weighted by atomic mass is 19.1. The van der Waals surface area contributed by atoms with Crippen molar-refractivity contribution in [1.29, 1.82) is 0 Å². The minimum absolute atomic E-state index is 0.0636. The monoisotopic (exact) mass is 226 g/mol. The van der Waals surface area contributed by atoms with Crippen molar-refractivity contribution in [2.45, 2.75) is 25.4 Å². The van der Waals surface area contributed by atoms with Gasteiger partial charge in [-0.15, -0.1) is 0 Å². The predicted octanol–water partition coefficient (Wildman–Crippen LogP) is 0.549. The largest absolute Gasteiger partial charge is 0.390 e. The summed E-state index contributed by atoms with van der Waals surface area (Å²) in [6, 6.07) is 0. The van der Waals surface area contributed by atoms with E-state index in [1.807, 2.05) is 0 Å². The highest BCUT2D eigenvalue weighted by Gasteiger charge is 2.29. The van der Waals surface area contributed by atoms with E-state index < -0.39 is 11.4 Å². The summed E-state index contributed by atoms with van der Waals surface area (Å²) < 4.78 is 13.5. The Kier molecular flexibility index (Phi) is 2.67. The molecule has 0 atom stereocenters. The summed E-state index contributed by atoms with van der Waals surface area (Å²) in [6.45, 7) is 2.93. The van der Waals surface area contributed by atoms with Gasteiger partial charge in [0.15, 0.2) is 11.6 Å². The number of hydrogen-bond acceptors (Lipinski definition) is 5. The van der Waals surface area contributed by atoms with Gasteiger partial charge in [-0.1, -0.05) is 0 Å². The SMILES string of the molecule is CC1(O)CCN(c2nc(N)ncc2F)CC1. The van der Waals surface area contributed by atoms with Crippen molar-refractivity contribution in [3.8, 4) is 0 Å². The molecule has 5 nitrogen and oxygen atoms in total. The van der Waals surface area contributed by atoms with Gasteiger partial charge < -0.3 is 15.7 Å². The number of nitrogens with zero attached hydrogens (tertiary/aromatic N) is 3. The van der Waals surface area contributed by atoms with E-state index in [1.54, 1.807) is 11.8 Å². The number of anilines is 2. The summed E-state index contributed by atoms with van der Waals surface area (Å²) >= 11 is 0. The van der Waals surface area contributed by atoms with Gasteiger partial charge in [0.25, 0.3) is 0 Å². The first-order chi connectivity index (χ1) is 7.48. The average molecular weight is 226 g/mol. The summed E-state index contributed by atoms with van der Waals surface area (Å²) in [4.78, 5) is 9.24. The minimum atomic E-state index is -0.661. The Morgan fingerprint density at radius 1 is 1.50 bits per heavy atom. The summed E-state index contributed by atoms with van der Waals surface area (Å²) in [7, 11) is 0. The molecule has 2 heterocycles. The van der Waals surface area contributed by atoms with Gasteiger partial charge in [0.2, 0.25) is 5.95 Å². The fraction of sp³-hybridized carbons (Fsp3) is 0.600. The Balaban J connectivity index is 2.17.